The van der Waals surface area contributed by atoms with Gasteiger partial charge in [-0.1, -0.05) is 18.2 Å². The molecule has 1 nitrogen and oxygen atoms in total. The van der Waals surface area contributed by atoms with E-state index in [-0.39, 0.29) is 11.6 Å². The van der Waals surface area contributed by atoms with Crippen LogP contribution in [0.2, 0.25) is 0 Å². The van der Waals surface area contributed by atoms with Crippen molar-refractivity contribution in [1.29, 1.82) is 0 Å². The van der Waals surface area contributed by atoms with Gasteiger partial charge in [0.15, 0.2) is 0 Å². The molecule has 0 saturated carbocycles. The fourth-order valence-electron chi connectivity index (χ4n) is 1.96. The Labute approximate surface area is 105 Å². The SMILES string of the molecule is Cc1cc(C(O)c2ccc(F)cc2C)ccc1F. The Bertz CT molecular complexity index is 579. The topological polar surface area (TPSA) is 20.2 Å². The minimum Gasteiger partial charge on any atom is -0.384 e. The molecule has 3 heteroatoms. The van der Waals surface area contributed by atoms with Crippen LogP contribution < -0.4 is 0 Å². The van der Waals surface area contributed by atoms with Gasteiger partial charge >= 0.3 is 0 Å². The Morgan fingerprint density at radius 1 is 0.944 bits per heavy atom. The summed E-state index contributed by atoms with van der Waals surface area (Å²) in [5.74, 6) is -0.638. The first-order chi connectivity index (χ1) is 8.49. The molecule has 0 aromatic heterocycles. The summed E-state index contributed by atoms with van der Waals surface area (Å²) in [5, 5.41) is 10.2. The lowest BCUT2D eigenvalue weighted by Crippen LogP contribution is -2.03. The number of hydrogen-bond donors (Lipinski definition) is 1. The molecule has 0 aliphatic rings. The number of rotatable bonds is 2. The number of hydrogen-bond acceptors (Lipinski definition) is 1. The second-order valence-corrected chi connectivity index (χ2v) is 4.41. The molecule has 2 aromatic rings. The highest BCUT2D eigenvalue weighted by Crippen LogP contribution is 2.26. The monoisotopic (exact) mass is 248 g/mol. The minimum atomic E-state index is -0.870. The minimum absolute atomic E-state index is 0.304. The Morgan fingerprint density at radius 2 is 1.67 bits per heavy atom. The van der Waals surface area contributed by atoms with Crippen molar-refractivity contribution in [1.82, 2.24) is 0 Å². The van der Waals surface area contributed by atoms with Crippen molar-refractivity contribution < 1.29 is 13.9 Å². The smallest absolute Gasteiger partial charge is 0.126 e. The van der Waals surface area contributed by atoms with Gasteiger partial charge in [0.25, 0.3) is 0 Å². The molecule has 0 aliphatic carbocycles. The van der Waals surface area contributed by atoms with E-state index in [2.05, 4.69) is 0 Å². The summed E-state index contributed by atoms with van der Waals surface area (Å²) >= 11 is 0. The van der Waals surface area contributed by atoms with Crippen LogP contribution in [0, 0.1) is 25.5 Å². The summed E-state index contributed by atoms with van der Waals surface area (Å²) in [5.41, 5.74) is 2.38. The summed E-state index contributed by atoms with van der Waals surface area (Å²) in [7, 11) is 0. The molecular formula is C15H14F2O. The molecule has 18 heavy (non-hydrogen) atoms. The number of aryl methyl sites for hydroxylation is 2. The fourth-order valence-corrected chi connectivity index (χ4v) is 1.96. The van der Waals surface area contributed by atoms with Crippen molar-refractivity contribution in [2.45, 2.75) is 20.0 Å². The van der Waals surface area contributed by atoms with E-state index in [4.69, 9.17) is 0 Å². The Morgan fingerprint density at radius 3 is 2.28 bits per heavy atom. The van der Waals surface area contributed by atoms with Gasteiger partial charge in [-0.2, -0.15) is 0 Å². The quantitative estimate of drug-likeness (QED) is 0.859. The predicted octanol–water partition coefficient (Wildman–Crippen LogP) is 3.66. The zero-order valence-corrected chi connectivity index (χ0v) is 10.2. The Kier molecular flexibility index (Phi) is 3.43. The molecule has 0 fully saturated rings. The van der Waals surface area contributed by atoms with Crippen LogP contribution in [0.5, 0.6) is 0 Å². The van der Waals surface area contributed by atoms with Gasteiger partial charge in [-0.05, 0) is 54.3 Å². The van der Waals surface area contributed by atoms with Crippen LogP contribution >= 0.6 is 0 Å². The van der Waals surface area contributed by atoms with Crippen LogP contribution in [0.3, 0.4) is 0 Å². The summed E-state index contributed by atoms with van der Waals surface area (Å²) < 4.78 is 26.2. The molecule has 0 saturated heterocycles. The molecule has 1 N–H and O–H groups in total. The van der Waals surface area contributed by atoms with Crippen molar-refractivity contribution >= 4 is 0 Å². The van der Waals surface area contributed by atoms with Crippen molar-refractivity contribution in [2.24, 2.45) is 0 Å². The third-order valence-electron chi connectivity index (χ3n) is 3.02. The van der Waals surface area contributed by atoms with E-state index < -0.39 is 6.10 Å². The van der Waals surface area contributed by atoms with E-state index in [1.165, 1.54) is 24.3 Å². The second-order valence-electron chi connectivity index (χ2n) is 4.41. The molecule has 1 atom stereocenters. The van der Waals surface area contributed by atoms with Gasteiger partial charge in [-0.25, -0.2) is 8.78 Å². The molecular weight excluding hydrogens is 234 g/mol. The molecule has 2 aromatic carbocycles. The highest BCUT2D eigenvalue weighted by Gasteiger charge is 2.14. The highest BCUT2D eigenvalue weighted by molar-refractivity contribution is 5.37. The fraction of sp³-hybridized carbons (Fsp3) is 0.200. The molecule has 1 unspecified atom stereocenters. The van der Waals surface area contributed by atoms with Gasteiger partial charge in [-0.15, -0.1) is 0 Å². The largest absolute Gasteiger partial charge is 0.384 e. The van der Waals surface area contributed by atoms with Gasteiger partial charge in [0.2, 0.25) is 0 Å². The van der Waals surface area contributed by atoms with E-state index in [1.807, 2.05) is 0 Å². The average Bonchev–Trinajstić information content (AvgIpc) is 2.32. The zero-order chi connectivity index (χ0) is 13.3. The first-order valence-electron chi connectivity index (χ1n) is 5.69. The van der Waals surface area contributed by atoms with Crippen LogP contribution in [-0.2, 0) is 0 Å². The molecule has 0 amide bonds. The predicted molar refractivity (Wildman–Crippen MR) is 66.3 cm³/mol. The van der Waals surface area contributed by atoms with Gasteiger partial charge < -0.3 is 5.11 Å². The third kappa shape index (κ3) is 2.41. The van der Waals surface area contributed by atoms with Crippen molar-refractivity contribution in [3.63, 3.8) is 0 Å². The third-order valence-corrected chi connectivity index (χ3v) is 3.02. The first kappa shape index (κ1) is 12.7. The lowest BCUT2D eigenvalue weighted by atomic mass is 9.96. The van der Waals surface area contributed by atoms with Crippen LogP contribution in [0.15, 0.2) is 36.4 Å². The molecule has 0 heterocycles. The van der Waals surface area contributed by atoms with Gasteiger partial charge in [0.05, 0.1) is 0 Å². The highest BCUT2D eigenvalue weighted by atomic mass is 19.1. The Hall–Kier alpha value is -1.74. The standard InChI is InChI=1S/C15H14F2O/c1-9-8-12(16)4-5-13(9)15(18)11-3-6-14(17)10(2)7-11/h3-8,15,18H,1-2H3. The van der Waals surface area contributed by atoms with Crippen molar-refractivity contribution in [2.75, 3.05) is 0 Å². The van der Waals surface area contributed by atoms with Crippen LogP contribution in [-0.4, -0.2) is 5.11 Å². The van der Waals surface area contributed by atoms with Gasteiger partial charge in [-0.3, -0.25) is 0 Å². The molecule has 2 rings (SSSR count). The lowest BCUT2D eigenvalue weighted by molar-refractivity contribution is 0.219. The van der Waals surface area contributed by atoms with Crippen LogP contribution in [0.1, 0.15) is 28.4 Å². The number of aliphatic hydroxyl groups excluding tert-OH is 1. The maximum atomic E-state index is 13.2. The van der Waals surface area contributed by atoms with Crippen LogP contribution in [0.4, 0.5) is 8.78 Å². The maximum Gasteiger partial charge on any atom is 0.126 e. The summed E-state index contributed by atoms with van der Waals surface area (Å²) in [6.07, 6.45) is -0.870. The zero-order valence-electron chi connectivity index (χ0n) is 10.2. The molecule has 0 spiro atoms. The van der Waals surface area contributed by atoms with E-state index in [1.54, 1.807) is 26.0 Å². The Balaban J connectivity index is 2.41. The van der Waals surface area contributed by atoms with Gasteiger partial charge in [0.1, 0.15) is 17.7 Å². The summed E-state index contributed by atoms with van der Waals surface area (Å²) in [4.78, 5) is 0. The van der Waals surface area contributed by atoms with E-state index in [0.29, 0.717) is 22.3 Å². The molecule has 94 valence electrons. The number of benzene rings is 2. The molecule has 0 bridgehead atoms. The second kappa shape index (κ2) is 4.86. The van der Waals surface area contributed by atoms with Gasteiger partial charge in [0, 0.05) is 0 Å². The maximum absolute atomic E-state index is 13.2. The molecule has 0 radical (unpaired) electrons. The average molecular weight is 248 g/mol. The van der Waals surface area contributed by atoms with Crippen LogP contribution in [0.25, 0.3) is 0 Å². The number of halogens is 2. The molecule has 0 aliphatic heterocycles. The lowest BCUT2D eigenvalue weighted by Gasteiger charge is -2.15. The number of aliphatic hydroxyl groups is 1. The van der Waals surface area contributed by atoms with Crippen molar-refractivity contribution in [3.8, 4) is 0 Å². The first-order valence-corrected chi connectivity index (χ1v) is 5.69. The van der Waals surface area contributed by atoms with E-state index in [0.717, 1.165) is 0 Å². The normalized spacial score (nSPS) is 12.5. The van der Waals surface area contributed by atoms with E-state index >= 15 is 0 Å². The summed E-state index contributed by atoms with van der Waals surface area (Å²) in [6, 6.07) is 8.69. The van der Waals surface area contributed by atoms with E-state index in [9.17, 15) is 13.9 Å². The summed E-state index contributed by atoms with van der Waals surface area (Å²) in [6.45, 7) is 3.38. The van der Waals surface area contributed by atoms with Crippen molar-refractivity contribution in [3.05, 3.63) is 70.3 Å².